The lowest BCUT2D eigenvalue weighted by Gasteiger charge is -2.17. The highest BCUT2D eigenvalue weighted by atomic mass is 79.9. The summed E-state index contributed by atoms with van der Waals surface area (Å²) in [6.07, 6.45) is 0. The van der Waals surface area contributed by atoms with Crippen LogP contribution >= 0.6 is 15.9 Å². The second kappa shape index (κ2) is 10.2. The Morgan fingerprint density at radius 1 is 1.03 bits per heavy atom. The van der Waals surface area contributed by atoms with Gasteiger partial charge < -0.3 is 14.8 Å². The van der Waals surface area contributed by atoms with Crippen molar-refractivity contribution in [3.05, 3.63) is 81.8 Å². The molecule has 3 aromatic carbocycles. The van der Waals surface area contributed by atoms with Crippen LogP contribution in [0.5, 0.6) is 11.5 Å². The Labute approximate surface area is 191 Å². The monoisotopic (exact) mass is 504 g/mol. The Bertz CT molecular complexity index is 1150. The summed E-state index contributed by atoms with van der Waals surface area (Å²) in [6, 6.07) is 18.3. The van der Waals surface area contributed by atoms with Gasteiger partial charge in [0.15, 0.2) is 11.5 Å². The molecule has 0 radical (unpaired) electrons. The van der Waals surface area contributed by atoms with Crippen LogP contribution in [-0.2, 0) is 23.2 Å². The first-order valence-corrected chi connectivity index (χ1v) is 12.1. The zero-order valence-electron chi connectivity index (χ0n) is 17.4. The number of rotatable bonds is 9. The predicted octanol–water partition coefficient (Wildman–Crippen LogP) is 4.99. The van der Waals surface area contributed by atoms with Gasteiger partial charge in [-0.3, -0.25) is 0 Å². The number of nitrogens with one attached hydrogen (secondary N) is 1. The highest BCUT2D eigenvalue weighted by Gasteiger charge is 2.13. The standard InChI is InChI=1S/C23H25BrN2O4S/c1-3-29-22-13-17(14-26-19-8-10-20(11-9-19)31(25,27)28)12-21(24)23(22)30-15-18-7-5-4-6-16(18)2/h4-13,26H,3,14-15H2,1-2H3,(H2,25,27,28). The third-order valence-corrected chi connectivity index (χ3v) is 6.20. The number of nitrogens with two attached hydrogens (primary N) is 1. The third-order valence-electron chi connectivity index (χ3n) is 4.68. The summed E-state index contributed by atoms with van der Waals surface area (Å²) in [4.78, 5) is 0.0783. The van der Waals surface area contributed by atoms with Crippen LogP contribution in [0.15, 0.2) is 70.0 Å². The molecule has 0 atom stereocenters. The number of aryl methyl sites for hydroxylation is 1. The first-order chi connectivity index (χ1) is 14.8. The minimum atomic E-state index is -3.70. The van der Waals surface area contributed by atoms with E-state index in [9.17, 15) is 8.42 Å². The van der Waals surface area contributed by atoms with Crippen LogP contribution in [0.25, 0.3) is 0 Å². The molecular weight excluding hydrogens is 480 g/mol. The molecule has 0 aromatic heterocycles. The molecule has 0 aliphatic rings. The van der Waals surface area contributed by atoms with Crippen molar-refractivity contribution in [2.45, 2.75) is 31.9 Å². The molecule has 0 unspecified atom stereocenters. The summed E-state index contributed by atoms with van der Waals surface area (Å²) in [7, 11) is -3.70. The maximum Gasteiger partial charge on any atom is 0.238 e. The van der Waals surface area contributed by atoms with E-state index in [1.54, 1.807) is 12.1 Å². The number of sulfonamides is 1. The molecule has 8 heteroatoms. The van der Waals surface area contributed by atoms with E-state index in [0.717, 1.165) is 21.3 Å². The maximum atomic E-state index is 11.4. The second-order valence-electron chi connectivity index (χ2n) is 6.98. The van der Waals surface area contributed by atoms with Crippen molar-refractivity contribution in [1.29, 1.82) is 0 Å². The Morgan fingerprint density at radius 3 is 2.39 bits per heavy atom. The van der Waals surface area contributed by atoms with Gasteiger partial charge in [0.1, 0.15) is 6.61 Å². The number of hydrogen-bond donors (Lipinski definition) is 2. The largest absolute Gasteiger partial charge is 0.490 e. The molecule has 0 saturated heterocycles. The van der Waals surface area contributed by atoms with E-state index in [1.807, 2.05) is 37.3 Å². The normalized spacial score (nSPS) is 11.2. The van der Waals surface area contributed by atoms with E-state index in [2.05, 4.69) is 34.2 Å². The molecule has 0 heterocycles. The molecule has 0 aliphatic heterocycles. The van der Waals surface area contributed by atoms with E-state index in [1.165, 1.54) is 17.7 Å². The fourth-order valence-electron chi connectivity index (χ4n) is 3.02. The van der Waals surface area contributed by atoms with E-state index in [4.69, 9.17) is 14.6 Å². The van der Waals surface area contributed by atoms with Crippen molar-refractivity contribution in [1.82, 2.24) is 0 Å². The zero-order valence-corrected chi connectivity index (χ0v) is 19.8. The summed E-state index contributed by atoms with van der Waals surface area (Å²) in [5.74, 6) is 1.32. The summed E-state index contributed by atoms with van der Waals surface area (Å²) >= 11 is 3.60. The lowest BCUT2D eigenvalue weighted by atomic mass is 10.1. The number of primary sulfonamides is 1. The van der Waals surface area contributed by atoms with E-state index in [0.29, 0.717) is 31.3 Å². The fraction of sp³-hybridized carbons (Fsp3) is 0.217. The highest BCUT2D eigenvalue weighted by molar-refractivity contribution is 9.10. The van der Waals surface area contributed by atoms with Gasteiger partial charge in [0.05, 0.1) is 16.0 Å². The first-order valence-electron chi connectivity index (χ1n) is 9.77. The Kier molecular flexibility index (Phi) is 7.59. The number of ether oxygens (including phenoxy) is 2. The van der Waals surface area contributed by atoms with Gasteiger partial charge in [-0.1, -0.05) is 24.3 Å². The van der Waals surface area contributed by atoms with Gasteiger partial charge in [0, 0.05) is 12.2 Å². The van der Waals surface area contributed by atoms with E-state index >= 15 is 0 Å². The van der Waals surface area contributed by atoms with Crippen LogP contribution in [0.2, 0.25) is 0 Å². The van der Waals surface area contributed by atoms with Crippen molar-refractivity contribution >= 4 is 31.6 Å². The van der Waals surface area contributed by atoms with Gasteiger partial charge in [0.2, 0.25) is 10.0 Å². The SMILES string of the molecule is CCOc1cc(CNc2ccc(S(N)(=O)=O)cc2)cc(Br)c1OCc1ccccc1C. The smallest absolute Gasteiger partial charge is 0.238 e. The Morgan fingerprint density at radius 2 is 1.74 bits per heavy atom. The molecule has 31 heavy (non-hydrogen) atoms. The molecular formula is C23H25BrN2O4S. The Hall–Kier alpha value is -2.55. The van der Waals surface area contributed by atoms with Crippen molar-refractivity contribution in [3.8, 4) is 11.5 Å². The summed E-state index contributed by atoms with van der Waals surface area (Å²) in [5, 5.41) is 8.41. The van der Waals surface area contributed by atoms with Crippen LogP contribution in [0.1, 0.15) is 23.6 Å². The molecule has 6 nitrogen and oxygen atoms in total. The number of anilines is 1. The molecule has 0 saturated carbocycles. The second-order valence-corrected chi connectivity index (χ2v) is 9.39. The van der Waals surface area contributed by atoms with Gasteiger partial charge in [-0.2, -0.15) is 0 Å². The predicted molar refractivity (Wildman–Crippen MR) is 126 cm³/mol. The number of hydrogen-bond acceptors (Lipinski definition) is 5. The minimum Gasteiger partial charge on any atom is -0.490 e. The van der Waals surface area contributed by atoms with Gasteiger partial charge in [-0.25, -0.2) is 13.6 Å². The molecule has 164 valence electrons. The van der Waals surface area contributed by atoms with Crippen molar-refractivity contribution in [2.24, 2.45) is 5.14 Å². The average molecular weight is 505 g/mol. The van der Waals surface area contributed by atoms with Crippen molar-refractivity contribution < 1.29 is 17.9 Å². The molecule has 3 N–H and O–H groups in total. The van der Waals surface area contributed by atoms with Crippen LogP contribution in [0.4, 0.5) is 5.69 Å². The van der Waals surface area contributed by atoms with Gasteiger partial charge >= 0.3 is 0 Å². The maximum absolute atomic E-state index is 11.4. The quantitative estimate of drug-likeness (QED) is 0.428. The van der Waals surface area contributed by atoms with Gasteiger partial charge in [-0.15, -0.1) is 0 Å². The van der Waals surface area contributed by atoms with Gasteiger partial charge in [0.25, 0.3) is 0 Å². The first kappa shape index (κ1) is 23.1. The lowest BCUT2D eigenvalue weighted by Crippen LogP contribution is -2.12. The van der Waals surface area contributed by atoms with Crippen LogP contribution < -0.4 is 19.9 Å². The summed E-state index contributed by atoms with van der Waals surface area (Å²) < 4.78 is 35.5. The molecule has 3 rings (SSSR count). The van der Waals surface area contributed by atoms with Gasteiger partial charge in [-0.05, 0) is 82.9 Å². The fourth-order valence-corrected chi connectivity index (χ4v) is 4.13. The topological polar surface area (TPSA) is 90.6 Å². The summed E-state index contributed by atoms with van der Waals surface area (Å²) in [6.45, 7) is 5.46. The molecule has 0 aliphatic carbocycles. The van der Waals surface area contributed by atoms with Crippen molar-refractivity contribution in [3.63, 3.8) is 0 Å². The summed E-state index contributed by atoms with van der Waals surface area (Å²) in [5.41, 5.74) is 4.05. The molecule has 0 amide bonds. The average Bonchev–Trinajstić information content (AvgIpc) is 2.73. The van der Waals surface area contributed by atoms with Crippen LogP contribution in [-0.4, -0.2) is 15.0 Å². The van der Waals surface area contributed by atoms with Crippen LogP contribution in [0, 0.1) is 6.92 Å². The lowest BCUT2D eigenvalue weighted by molar-refractivity contribution is 0.267. The Balaban J connectivity index is 1.74. The molecule has 0 spiro atoms. The molecule has 3 aromatic rings. The molecule has 0 fully saturated rings. The number of benzene rings is 3. The van der Waals surface area contributed by atoms with E-state index in [-0.39, 0.29) is 4.90 Å². The van der Waals surface area contributed by atoms with E-state index < -0.39 is 10.0 Å². The zero-order chi connectivity index (χ0) is 22.4. The molecule has 0 bridgehead atoms. The van der Waals surface area contributed by atoms with Crippen LogP contribution in [0.3, 0.4) is 0 Å². The van der Waals surface area contributed by atoms with Crippen molar-refractivity contribution in [2.75, 3.05) is 11.9 Å². The third kappa shape index (κ3) is 6.22. The minimum absolute atomic E-state index is 0.0783. The number of halogens is 1. The highest BCUT2D eigenvalue weighted by Crippen LogP contribution is 2.38.